The molecule has 0 atom stereocenters. The van der Waals surface area contributed by atoms with Crippen molar-refractivity contribution in [3.05, 3.63) is 59.0 Å². The van der Waals surface area contributed by atoms with E-state index >= 15 is 0 Å². The molecule has 6 nitrogen and oxygen atoms in total. The van der Waals surface area contributed by atoms with Gasteiger partial charge >= 0.3 is 0 Å². The highest BCUT2D eigenvalue weighted by atomic mass is 16.5. The van der Waals surface area contributed by atoms with E-state index in [1.165, 1.54) is 11.1 Å². The molecule has 0 radical (unpaired) electrons. The number of furan rings is 1. The summed E-state index contributed by atoms with van der Waals surface area (Å²) in [5.74, 6) is 1.02. The van der Waals surface area contributed by atoms with Crippen LogP contribution in [0, 0.1) is 6.92 Å². The van der Waals surface area contributed by atoms with Gasteiger partial charge in [0.15, 0.2) is 5.76 Å². The van der Waals surface area contributed by atoms with Gasteiger partial charge in [-0.25, -0.2) is 0 Å². The Kier molecular flexibility index (Phi) is 7.69. The molecule has 1 N–H and O–H groups in total. The van der Waals surface area contributed by atoms with Crippen LogP contribution in [0.15, 0.2) is 40.8 Å². The average molecular weight is 414 g/mol. The number of hydrogen-bond donors (Lipinski definition) is 1. The van der Waals surface area contributed by atoms with Gasteiger partial charge in [-0.2, -0.15) is 0 Å². The molecule has 30 heavy (non-hydrogen) atoms. The van der Waals surface area contributed by atoms with Gasteiger partial charge in [-0.15, -0.1) is 0 Å². The molecule has 0 unspecified atom stereocenters. The number of morpholine rings is 1. The third-order valence-electron chi connectivity index (χ3n) is 5.49. The fraction of sp³-hybridized carbons (Fsp3) is 0.542. The lowest BCUT2D eigenvalue weighted by Gasteiger charge is -2.35. The molecule has 1 aromatic carbocycles. The van der Waals surface area contributed by atoms with Crippen LogP contribution in [0.5, 0.6) is 0 Å². The molecule has 6 heteroatoms. The van der Waals surface area contributed by atoms with E-state index in [2.05, 4.69) is 67.1 Å². The molecule has 1 aliphatic rings. The van der Waals surface area contributed by atoms with E-state index < -0.39 is 0 Å². The first-order valence-corrected chi connectivity index (χ1v) is 10.8. The molecule has 0 bridgehead atoms. The maximum atomic E-state index is 12.4. The lowest BCUT2D eigenvalue weighted by Crippen LogP contribution is -2.41. The Morgan fingerprint density at radius 2 is 1.77 bits per heavy atom. The molecule has 3 rings (SSSR count). The molecular formula is C24H35N3O3. The van der Waals surface area contributed by atoms with E-state index in [1.807, 2.05) is 6.07 Å². The van der Waals surface area contributed by atoms with E-state index in [1.54, 1.807) is 6.07 Å². The Labute approximate surface area is 180 Å². The molecule has 0 aliphatic carbocycles. The van der Waals surface area contributed by atoms with Crippen molar-refractivity contribution in [2.45, 2.75) is 46.3 Å². The van der Waals surface area contributed by atoms with Crippen LogP contribution in [0.1, 0.15) is 48.2 Å². The minimum atomic E-state index is -0.157. The van der Waals surface area contributed by atoms with Crippen molar-refractivity contribution in [3.63, 3.8) is 0 Å². The number of carbonyl (C=O) groups is 1. The monoisotopic (exact) mass is 413 g/mol. The molecule has 1 saturated heterocycles. The number of benzene rings is 1. The fourth-order valence-electron chi connectivity index (χ4n) is 3.46. The number of nitrogens with zero attached hydrogens (tertiary/aromatic N) is 2. The van der Waals surface area contributed by atoms with Crippen LogP contribution >= 0.6 is 0 Å². The quantitative estimate of drug-likeness (QED) is 0.718. The summed E-state index contributed by atoms with van der Waals surface area (Å²) in [6.45, 7) is 15.0. The molecule has 0 spiro atoms. The van der Waals surface area contributed by atoms with Gasteiger partial charge < -0.3 is 14.5 Å². The van der Waals surface area contributed by atoms with Crippen molar-refractivity contribution < 1.29 is 13.9 Å². The van der Waals surface area contributed by atoms with Crippen LogP contribution in [0.4, 0.5) is 0 Å². The van der Waals surface area contributed by atoms with Crippen LogP contribution in [0.3, 0.4) is 0 Å². The first-order valence-electron chi connectivity index (χ1n) is 10.8. The lowest BCUT2D eigenvalue weighted by molar-refractivity contribution is 0.0382. The third kappa shape index (κ3) is 6.69. The first-order chi connectivity index (χ1) is 14.3. The predicted molar refractivity (Wildman–Crippen MR) is 118 cm³/mol. The molecule has 1 amide bonds. The lowest BCUT2D eigenvalue weighted by atomic mass is 10.0. The Morgan fingerprint density at radius 3 is 2.43 bits per heavy atom. The Balaban J connectivity index is 1.54. The molecule has 1 aromatic heterocycles. The highest BCUT2D eigenvalue weighted by Gasteiger charge is 2.23. The maximum Gasteiger partial charge on any atom is 0.287 e. The van der Waals surface area contributed by atoms with Crippen molar-refractivity contribution in [1.82, 2.24) is 15.1 Å². The zero-order chi connectivity index (χ0) is 21.6. The predicted octanol–water partition coefficient (Wildman–Crippen LogP) is 3.45. The molecule has 2 aromatic rings. The molecular weight excluding hydrogens is 378 g/mol. The van der Waals surface area contributed by atoms with Crippen molar-refractivity contribution >= 4 is 5.91 Å². The number of amides is 1. The van der Waals surface area contributed by atoms with E-state index in [-0.39, 0.29) is 11.4 Å². The minimum Gasteiger partial charge on any atom is -0.455 e. The summed E-state index contributed by atoms with van der Waals surface area (Å²) in [5, 5.41) is 2.96. The van der Waals surface area contributed by atoms with Gasteiger partial charge in [-0.3, -0.25) is 14.6 Å². The largest absolute Gasteiger partial charge is 0.455 e. The number of ether oxygens (including phenoxy) is 1. The standard InChI is InChI=1S/C24H35N3O3/c1-19-5-7-20(8-6-19)17-27(24(2,3)4)18-21-9-10-22(30-21)23(28)25-11-12-26-13-15-29-16-14-26/h5-10H,11-18H2,1-4H3,(H,25,28). The molecule has 2 heterocycles. The smallest absolute Gasteiger partial charge is 0.287 e. The normalized spacial score (nSPS) is 15.5. The zero-order valence-corrected chi connectivity index (χ0v) is 18.7. The summed E-state index contributed by atoms with van der Waals surface area (Å²) in [7, 11) is 0. The number of aryl methyl sites for hydroxylation is 1. The zero-order valence-electron chi connectivity index (χ0n) is 18.7. The second kappa shape index (κ2) is 10.2. The summed E-state index contributed by atoms with van der Waals surface area (Å²) in [4.78, 5) is 17.1. The molecule has 1 aliphatic heterocycles. The number of carbonyl (C=O) groups excluding carboxylic acids is 1. The van der Waals surface area contributed by atoms with Gasteiger partial charge in [0.2, 0.25) is 0 Å². The average Bonchev–Trinajstić information content (AvgIpc) is 3.18. The summed E-state index contributed by atoms with van der Waals surface area (Å²) in [6, 6.07) is 12.3. The first kappa shape index (κ1) is 22.5. The van der Waals surface area contributed by atoms with Crippen molar-refractivity contribution in [2.24, 2.45) is 0 Å². The van der Waals surface area contributed by atoms with Crippen LogP contribution < -0.4 is 5.32 Å². The Hall–Kier alpha value is -2.15. The molecule has 164 valence electrons. The third-order valence-corrected chi connectivity index (χ3v) is 5.49. The highest BCUT2D eigenvalue weighted by molar-refractivity contribution is 5.91. The Morgan fingerprint density at radius 1 is 1.07 bits per heavy atom. The fourth-order valence-corrected chi connectivity index (χ4v) is 3.46. The minimum absolute atomic E-state index is 0.0295. The summed E-state index contributed by atoms with van der Waals surface area (Å²) < 4.78 is 11.2. The van der Waals surface area contributed by atoms with E-state index in [9.17, 15) is 4.79 Å². The van der Waals surface area contributed by atoms with E-state index in [4.69, 9.17) is 9.15 Å². The van der Waals surface area contributed by atoms with Crippen LogP contribution in [-0.4, -0.2) is 60.6 Å². The van der Waals surface area contributed by atoms with Crippen molar-refractivity contribution in [1.29, 1.82) is 0 Å². The SMILES string of the molecule is Cc1ccc(CN(Cc2ccc(C(=O)NCCN3CCOCC3)o2)C(C)(C)C)cc1. The van der Waals surface area contributed by atoms with Crippen LogP contribution in [0.2, 0.25) is 0 Å². The number of rotatable bonds is 8. The van der Waals surface area contributed by atoms with Gasteiger partial charge in [0.25, 0.3) is 5.91 Å². The van der Waals surface area contributed by atoms with Crippen LogP contribution in [0.25, 0.3) is 0 Å². The summed E-state index contributed by atoms with van der Waals surface area (Å²) >= 11 is 0. The molecule has 1 fully saturated rings. The van der Waals surface area contributed by atoms with Gasteiger partial charge in [-0.05, 0) is 45.4 Å². The Bertz CT molecular complexity index is 802. The van der Waals surface area contributed by atoms with Gasteiger partial charge in [0, 0.05) is 38.3 Å². The maximum absolute atomic E-state index is 12.4. The summed E-state index contributed by atoms with van der Waals surface area (Å²) in [5.41, 5.74) is 2.50. The second-order valence-corrected chi connectivity index (χ2v) is 8.99. The highest BCUT2D eigenvalue weighted by Crippen LogP contribution is 2.22. The van der Waals surface area contributed by atoms with Gasteiger partial charge in [0.05, 0.1) is 19.8 Å². The van der Waals surface area contributed by atoms with Crippen LogP contribution in [-0.2, 0) is 17.8 Å². The summed E-state index contributed by atoms with van der Waals surface area (Å²) in [6.07, 6.45) is 0. The number of hydrogen-bond acceptors (Lipinski definition) is 5. The van der Waals surface area contributed by atoms with E-state index in [0.717, 1.165) is 45.2 Å². The number of nitrogens with one attached hydrogen (secondary N) is 1. The molecule has 0 saturated carbocycles. The van der Waals surface area contributed by atoms with Crippen molar-refractivity contribution in [3.8, 4) is 0 Å². The topological polar surface area (TPSA) is 58.0 Å². The second-order valence-electron chi connectivity index (χ2n) is 8.99. The van der Waals surface area contributed by atoms with E-state index in [0.29, 0.717) is 18.8 Å². The van der Waals surface area contributed by atoms with Gasteiger partial charge in [0.1, 0.15) is 5.76 Å². The van der Waals surface area contributed by atoms with Crippen molar-refractivity contribution in [2.75, 3.05) is 39.4 Å². The van der Waals surface area contributed by atoms with Gasteiger partial charge in [-0.1, -0.05) is 29.8 Å².